The van der Waals surface area contributed by atoms with Crippen LogP contribution in [0.25, 0.3) is 5.57 Å². The molecule has 0 bridgehead atoms. The molecule has 1 aromatic heterocycles. The molecule has 1 unspecified atom stereocenters. The molecule has 2 heterocycles. The highest BCUT2D eigenvalue weighted by molar-refractivity contribution is 7.80. The monoisotopic (exact) mass is 320 g/mol. The minimum atomic E-state index is -0.183. The first-order chi connectivity index (χ1) is 10.6. The van der Waals surface area contributed by atoms with Gasteiger partial charge in [-0.05, 0) is 36.5 Å². The number of nitrogens with zero attached hydrogens (tertiary/aromatic N) is 1. The maximum atomic E-state index is 12.1. The van der Waals surface area contributed by atoms with Gasteiger partial charge in [0.2, 0.25) is 11.8 Å². The number of hydrogen-bond donors (Lipinski definition) is 1. The zero-order chi connectivity index (χ0) is 15.9. The molecule has 5 nitrogen and oxygen atoms in total. The van der Waals surface area contributed by atoms with Gasteiger partial charge in [0.1, 0.15) is 0 Å². The Labute approximate surface area is 135 Å². The number of amides is 1. The van der Waals surface area contributed by atoms with Gasteiger partial charge in [0.05, 0.1) is 12.1 Å². The minimum Gasteiger partial charge on any atom is -0.481 e. The Morgan fingerprint density at radius 2 is 2.27 bits per heavy atom. The van der Waals surface area contributed by atoms with Gasteiger partial charge in [-0.25, -0.2) is 4.98 Å². The highest BCUT2D eigenvalue weighted by atomic mass is 32.1. The Morgan fingerprint density at radius 1 is 1.45 bits per heavy atom. The fourth-order valence-electron chi connectivity index (χ4n) is 2.43. The molecule has 1 aromatic rings. The zero-order valence-electron chi connectivity index (χ0n) is 12.8. The van der Waals surface area contributed by atoms with E-state index in [4.69, 9.17) is 21.7 Å². The van der Waals surface area contributed by atoms with Crippen LogP contribution in [0.5, 0.6) is 5.88 Å². The highest BCUT2D eigenvalue weighted by Gasteiger charge is 2.20. The van der Waals surface area contributed by atoms with Crippen LogP contribution >= 0.6 is 12.2 Å². The number of nitrogens with one attached hydrogen (secondary N) is 1. The van der Waals surface area contributed by atoms with Crippen LogP contribution < -0.4 is 10.1 Å². The topological polar surface area (TPSA) is 60.5 Å². The Hall–Kier alpha value is -1.79. The van der Waals surface area contributed by atoms with Crippen LogP contribution in [-0.4, -0.2) is 36.7 Å². The number of aromatic nitrogens is 1. The summed E-state index contributed by atoms with van der Waals surface area (Å²) in [6.45, 7) is 0.628. The molecule has 22 heavy (non-hydrogen) atoms. The van der Waals surface area contributed by atoms with Crippen LogP contribution in [0, 0.1) is 5.92 Å². The molecule has 6 heteroatoms. The smallest absolute Gasteiger partial charge is 0.249 e. The summed E-state index contributed by atoms with van der Waals surface area (Å²) in [5.41, 5.74) is 1.91. The predicted molar refractivity (Wildman–Crippen MR) is 88.7 cm³/mol. The molecule has 2 rings (SSSR count). The Balaban J connectivity index is 2.21. The molecule has 1 atom stereocenters. The first-order valence-electron chi connectivity index (χ1n) is 7.18. The lowest BCUT2D eigenvalue weighted by atomic mass is 9.92. The van der Waals surface area contributed by atoms with Gasteiger partial charge in [0.15, 0.2) is 0 Å². The van der Waals surface area contributed by atoms with Crippen LogP contribution in [0.2, 0.25) is 0 Å². The lowest BCUT2D eigenvalue weighted by molar-refractivity contribution is -0.115. The lowest BCUT2D eigenvalue weighted by Crippen LogP contribution is -2.35. The Kier molecular flexibility index (Phi) is 6.03. The van der Waals surface area contributed by atoms with Gasteiger partial charge in [-0.15, -0.1) is 0 Å². The molecule has 0 fully saturated rings. The number of carbonyl (C=O) groups is 1. The van der Waals surface area contributed by atoms with Crippen molar-refractivity contribution in [1.29, 1.82) is 0 Å². The van der Waals surface area contributed by atoms with Crippen molar-refractivity contribution >= 4 is 28.7 Å². The largest absolute Gasteiger partial charge is 0.481 e. The molecule has 1 amide bonds. The van der Waals surface area contributed by atoms with Crippen molar-refractivity contribution in [3.8, 4) is 5.88 Å². The zero-order valence-corrected chi connectivity index (χ0v) is 13.6. The number of allylic oxidation sites excluding steroid dienone is 1. The van der Waals surface area contributed by atoms with Crippen molar-refractivity contribution in [2.24, 2.45) is 5.92 Å². The summed E-state index contributed by atoms with van der Waals surface area (Å²) in [7, 11) is 3.24. The Bertz CT molecular complexity index is 587. The van der Waals surface area contributed by atoms with E-state index in [1.807, 2.05) is 12.1 Å². The molecule has 0 radical (unpaired) electrons. The molecule has 1 N–H and O–H groups in total. The van der Waals surface area contributed by atoms with E-state index in [9.17, 15) is 4.79 Å². The molecular formula is C16H20N2O3S. The van der Waals surface area contributed by atoms with Crippen LogP contribution in [0.15, 0.2) is 24.4 Å². The van der Waals surface area contributed by atoms with E-state index in [2.05, 4.69) is 10.3 Å². The van der Waals surface area contributed by atoms with Crippen molar-refractivity contribution < 1.29 is 14.3 Å². The minimum absolute atomic E-state index is 0.145. The molecule has 0 saturated heterocycles. The molecule has 0 saturated carbocycles. The molecule has 1 aliphatic heterocycles. The second-order valence-electron chi connectivity index (χ2n) is 5.13. The number of rotatable bonds is 5. The summed E-state index contributed by atoms with van der Waals surface area (Å²) >= 11 is 5.31. The second kappa shape index (κ2) is 8.00. The summed E-state index contributed by atoms with van der Waals surface area (Å²) in [6, 6.07) is 3.72. The maximum Gasteiger partial charge on any atom is 0.249 e. The van der Waals surface area contributed by atoms with Crippen LogP contribution in [0.1, 0.15) is 24.8 Å². The SMILES string of the molecule is COCCC1CC/C(c2ccnc(OC)c2)=C\C(=O)NC1=S. The standard InChI is InChI=1S/C16H20N2O3S/c1-20-8-6-11-3-4-12(9-14(19)18-16(11)22)13-5-7-17-15(10-13)21-2/h5,7,9-11H,3-4,6,8H2,1-2H3,(H,18,19,22)/b12-9+. The quantitative estimate of drug-likeness (QED) is 0.844. The van der Waals surface area contributed by atoms with Gasteiger partial charge in [-0.3, -0.25) is 4.79 Å². The summed E-state index contributed by atoms with van der Waals surface area (Å²) in [5, 5.41) is 2.78. The molecule has 0 aromatic carbocycles. The van der Waals surface area contributed by atoms with E-state index < -0.39 is 0 Å². The van der Waals surface area contributed by atoms with Crippen molar-refractivity contribution in [3.05, 3.63) is 30.0 Å². The van der Waals surface area contributed by atoms with Crippen molar-refractivity contribution in [1.82, 2.24) is 10.3 Å². The van der Waals surface area contributed by atoms with Crippen LogP contribution in [0.4, 0.5) is 0 Å². The van der Waals surface area contributed by atoms with Gasteiger partial charge in [0, 0.05) is 38.0 Å². The summed E-state index contributed by atoms with van der Waals surface area (Å²) in [5.74, 6) is 0.497. The van der Waals surface area contributed by atoms with Gasteiger partial charge in [-0.2, -0.15) is 0 Å². The maximum absolute atomic E-state index is 12.1. The van der Waals surface area contributed by atoms with E-state index in [1.165, 1.54) is 0 Å². The van der Waals surface area contributed by atoms with Gasteiger partial charge in [0.25, 0.3) is 0 Å². The highest BCUT2D eigenvalue weighted by Crippen LogP contribution is 2.27. The Morgan fingerprint density at radius 3 is 3.00 bits per heavy atom. The summed E-state index contributed by atoms with van der Waals surface area (Å²) < 4.78 is 10.3. The third kappa shape index (κ3) is 4.35. The first-order valence-corrected chi connectivity index (χ1v) is 7.59. The van der Waals surface area contributed by atoms with Crippen LogP contribution in [0.3, 0.4) is 0 Å². The molecule has 118 valence electrons. The molecule has 1 aliphatic rings. The van der Waals surface area contributed by atoms with E-state index in [0.29, 0.717) is 17.5 Å². The normalized spacial score (nSPS) is 21.4. The summed E-state index contributed by atoms with van der Waals surface area (Å²) in [6.07, 6.45) is 5.74. The van der Waals surface area contributed by atoms with Gasteiger partial charge in [-0.1, -0.05) is 12.2 Å². The lowest BCUT2D eigenvalue weighted by Gasteiger charge is -2.21. The number of hydrogen-bond acceptors (Lipinski definition) is 5. The van der Waals surface area contributed by atoms with E-state index in [0.717, 1.165) is 30.4 Å². The molecule has 0 aliphatic carbocycles. The summed E-state index contributed by atoms with van der Waals surface area (Å²) in [4.78, 5) is 16.7. The van der Waals surface area contributed by atoms with Gasteiger partial charge >= 0.3 is 0 Å². The third-order valence-electron chi connectivity index (χ3n) is 3.67. The fourth-order valence-corrected chi connectivity index (χ4v) is 2.77. The molecule has 0 spiro atoms. The van der Waals surface area contributed by atoms with Crippen molar-refractivity contribution in [3.63, 3.8) is 0 Å². The fraction of sp³-hybridized carbons (Fsp3) is 0.438. The van der Waals surface area contributed by atoms with Crippen LogP contribution in [-0.2, 0) is 9.53 Å². The predicted octanol–water partition coefficient (Wildman–Crippen LogP) is 2.36. The van der Waals surface area contributed by atoms with E-state index in [-0.39, 0.29) is 11.8 Å². The second-order valence-corrected chi connectivity index (χ2v) is 5.57. The van der Waals surface area contributed by atoms with E-state index in [1.54, 1.807) is 26.5 Å². The molecular weight excluding hydrogens is 300 g/mol. The van der Waals surface area contributed by atoms with E-state index >= 15 is 0 Å². The van der Waals surface area contributed by atoms with Gasteiger partial charge < -0.3 is 14.8 Å². The van der Waals surface area contributed by atoms with Crippen molar-refractivity contribution in [2.45, 2.75) is 19.3 Å². The number of pyridine rings is 1. The number of carbonyl (C=O) groups excluding carboxylic acids is 1. The average molecular weight is 320 g/mol. The first kappa shape index (κ1) is 16.6. The third-order valence-corrected chi connectivity index (χ3v) is 4.11. The number of methoxy groups -OCH3 is 2. The number of ether oxygens (including phenoxy) is 2. The number of thiocarbonyl (C=S) groups is 1. The van der Waals surface area contributed by atoms with Crippen molar-refractivity contribution in [2.75, 3.05) is 20.8 Å². The average Bonchev–Trinajstić information content (AvgIpc) is 2.52.